The standard InChI is InChI=1S/C16H29O4P/c1-4-19-16(17)15(12-14-10-8-7-9-11-14)13-21(18,6-3)20-5-2/h12,14H,4-11,13H2,1-3H3/b15-12-. The number of hydrogen-bond acceptors (Lipinski definition) is 4. The fourth-order valence-corrected chi connectivity index (χ4v) is 4.46. The van der Waals surface area contributed by atoms with Gasteiger partial charge in [-0.15, -0.1) is 0 Å². The Kier molecular flexibility index (Phi) is 8.28. The summed E-state index contributed by atoms with van der Waals surface area (Å²) in [6.07, 6.45) is 8.53. The van der Waals surface area contributed by atoms with Crippen molar-refractivity contribution in [1.82, 2.24) is 0 Å². The molecule has 122 valence electrons. The van der Waals surface area contributed by atoms with Crippen molar-refractivity contribution in [2.24, 2.45) is 5.92 Å². The summed E-state index contributed by atoms with van der Waals surface area (Å²) in [4.78, 5) is 12.1. The third-order valence-corrected chi connectivity index (χ3v) is 6.40. The molecule has 0 aromatic rings. The maximum Gasteiger partial charge on any atom is 0.334 e. The highest BCUT2D eigenvalue weighted by atomic mass is 31.2. The minimum Gasteiger partial charge on any atom is -0.463 e. The van der Waals surface area contributed by atoms with Gasteiger partial charge in [-0.2, -0.15) is 0 Å². The molecule has 0 N–H and O–H groups in total. The van der Waals surface area contributed by atoms with E-state index in [1.807, 2.05) is 19.9 Å². The largest absolute Gasteiger partial charge is 0.463 e. The van der Waals surface area contributed by atoms with E-state index in [1.54, 1.807) is 6.92 Å². The molecule has 0 aromatic carbocycles. The first-order valence-corrected chi connectivity index (χ1v) is 10.1. The summed E-state index contributed by atoms with van der Waals surface area (Å²) in [5.41, 5.74) is 0.544. The van der Waals surface area contributed by atoms with Crippen LogP contribution in [0.15, 0.2) is 11.6 Å². The Hall–Kier alpha value is -0.600. The van der Waals surface area contributed by atoms with Gasteiger partial charge in [0.2, 0.25) is 7.37 Å². The minimum absolute atomic E-state index is 0.201. The number of allylic oxidation sites excluding steroid dienone is 1. The van der Waals surface area contributed by atoms with E-state index in [0.717, 1.165) is 12.8 Å². The molecule has 1 unspecified atom stereocenters. The van der Waals surface area contributed by atoms with Crippen molar-refractivity contribution in [3.05, 3.63) is 11.6 Å². The van der Waals surface area contributed by atoms with Gasteiger partial charge in [-0.25, -0.2) is 4.79 Å². The highest BCUT2D eigenvalue weighted by molar-refractivity contribution is 7.59. The first-order chi connectivity index (χ1) is 10.0. The predicted octanol–water partition coefficient (Wildman–Crippen LogP) is 4.39. The van der Waals surface area contributed by atoms with Crippen LogP contribution in [0.25, 0.3) is 0 Å². The second-order valence-corrected chi connectivity index (χ2v) is 8.35. The Balaban J connectivity index is 2.87. The molecular weight excluding hydrogens is 287 g/mol. The third kappa shape index (κ3) is 6.36. The van der Waals surface area contributed by atoms with Crippen molar-refractivity contribution in [2.75, 3.05) is 25.5 Å². The molecule has 0 radical (unpaired) electrons. The van der Waals surface area contributed by atoms with E-state index in [4.69, 9.17) is 9.26 Å². The molecule has 1 rings (SSSR count). The fourth-order valence-electron chi connectivity index (χ4n) is 2.74. The minimum atomic E-state index is -2.77. The molecule has 1 atom stereocenters. The van der Waals surface area contributed by atoms with Crippen molar-refractivity contribution < 1.29 is 18.6 Å². The summed E-state index contributed by atoms with van der Waals surface area (Å²) < 4.78 is 23.2. The van der Waals surface area contributed by atoms with E-state index in [2.05, 4.69) is 0 Å². The normalized spacial score (nSPS) is 20.0. The number of hydrogen-bond donors (Lipinski definition) is 0. The van der Waals surface area contributed by atoms with E-state index in [9.17, 15) is 9.36 Å². The van der Waals surface area contributed by atoms with E-state index < -0.39 is 7.37 Å². The van der Waals surface area contributed by atoms with E-state index in [-0.39, 0.29) is 12.1 Å². The lowest BCUT2D eigenvalue weighted by Gasteiger charge is -2.21. The molecule has 0 amide bonds. The van der Waals surface area contributed by atoms with Gasteiger partial charge < -0.3 is 9.26 Å². The zero-order chi connectivity index (χ0) is 15.7. The molecule has 0 spiro atoms. The van der Waals surface area contributed by atoms with Crippen LogP contribution in [0, 0.1) is 5.92 Å². The van der Waals surface area contributed by atoms with Gasteiger partial charge in [0, 0.05) is 11.7 Å². The van der Waals surface area contributed by atoms with Crippen molar-refractivity contribution in [3.63, 3.8) is 0 Å². The van der Waals surface area contributed by atoms with E-state index >= 15 is 0 Å². The van der Waals surface area contributed by atoms with Gasteiger partial charge >= 0.3 is 5.97 Å². The van der Waals surface area contributed by atoms with Crippen LogP contribution in [0.2, 0.25) is 0 Å². The molecule has 1 aliphatic rings. The lowest BCUT2D eigenvalue weighted by molar-refractivity contribution is -0.138. The molecule has 1 aliphatic carbocycles. The van der Waals surface area contributed by atoms with Gasteiger partial charge in [-0.05, 0) is 32.6 Å². The van der Waals surface area contributed by atoms with E-state index in [1.165, 1.54) is 19.3 Å². The molecule has 0 aromatic heterocycles. The number of ether oxygens (including phenoxy) is 1. The van der Waals surface area contributed by atoms with Crippen molar-refractivity contribution >= 4 is 13.3 Å². The zero-order valence-corrected chi connectivity index (χ0v) is 14.5. The quantitative estimate of drug-likeness (QED) is 0.378. The summed E-state index contributed by atoms with van der Waals surface area (Å²) in [5.74, 6) is 0.0709. The van der Waals surface area contributed by atoms with Gasteiger partial charge in [0.1, 0.15) is 0 Å². The summed E-state index contributed by atoms with van der Waals surface area (Å²) in [5, 5.41) is 0. The van der Waals surface area contributed by atoms with Crippen LogP contribution < -0.4 is 0 Å². The smallest absolute Gasteiger partial charge is 0.334 e. The maximum absolute atomic E-state index is 12.7. The number of carbonyl (C=O) groups excluding carboxylic acids is 1. The van der Waals surface area contributed by atoms with Crippen LogP contribution in [0.3, 0.4) is 0 Å². The van der Waals surface area contributed by atoms with Gasteiger partial charge in [0.25, 0.3) is 0 Å². The topological polar surface area (TPSA) is 52.6 Å². The first kappa shape index (κ1) is 18.4. The molecule has 0 saturated heterocycles. The molecule has 5 heteroatoms. The predicted molar refractivity (Wildman–Crippen MR) is 85.9 cm³/mol. The van der Waals surface area contributed by atoms with Gasteiger partial charge in [-0.1, -0.05) is 32.3 Å². The molecule has 21 heavy (non-hydrogen) atoms. The molecule has 0 bridgehead atoms. The second-order valence-electron chi connectivity index (χ2n) is 5.52. The van der Waals surface area contributed by atoms with Crippen LogP contribution in [-0.4, -0.2) is 31.5 Å². The Labute approximate surface area is 128 Å². The van der Waals surface area contributed by atoms with Gasteiger partial charge in [0.15, 0.2) is 0 Å². The summed E-state index contributed by atoms with van der Waals surface area (Å²) >= 11 is 0. The number of carbonyl (C=O) groups is 1. The van der Waals surface area contributed by atoms with Gasteiger partial charge in [0.05, 0.1) is 19.4 Å². The molecule has 4 nitrogen and oxygen atoms in total. The third-order valence-electron chi connectivity index (χ3n) is 3.88. The highest BCUT2D eigenvalue weighted by Gasteiger charge is 2.27. The number of esters is 1. The molecule has 0 heterocycles. The summed E-state index contributed by atoms with van der Waals surface area (Å²) in [7, 11) is -2.77. The SMILES string of the molecule is CCOC(=O)/C(=C\C1CCCCC1)CP(=O)(CC)OCC. The van der Waals surface area contributed by atoms with Crippen LogP contribution in [0.1, 0.15) is 52.9 Å². The van der Waals surface area contributed by atoms with E-state index in [0.29, 0.717) is 30.9 Å². The van der Waals surface area contributed by atoms with Crippen LogP contribution in [0.4, 0.5) is 0 Å². The van der Waals surface area contributed by atoms with Crippen LogP contribution >= 0.6 is 7.37 Å². The van der Waals surface area contributed by atoms with Gasteiger partial charge in [-0.3, -0.25) is 4.57 Å². The zero-order valence-electron chi connectivity index (χ0n) is 13.6. The second kappa shape index (κ2) is 9.42. The molecule has 1 fully saturated rings. The van der Waals surface area contributed by atoms with Crippen LogP contribution in [-0.2, 0) is 18.6 Å². The van der Waals surface area contributed by atoms with Crippen molar-refractivity contribution in [2.45, 2.75) is 52.9 Å². The molecule has 1 saturated carbocycles. The monoisotopic (exact) mass is 316 g/mol. The number of rotatable bonds is 8. The highest BCUT2D eigenvalue weighted by Crippen LogP contribution is 2.48. The first-order valence-electron chi connectivity index (χ1n) is 8.15. The maximum atomic E-state index is 12.7. The molecular formula is C16H29O4P. The average Bonchev–Trinajstić information content (AvgIpc) is 2.48. The average molecular weight is 316 g/mol. The molecule has 0 aliphatic heterocycles. The lowest BCUT2D eigenvalue weighted by atomic mass is 9.88. The Bertz CT molecular complexity index is 397. The Morgan fingerprint density at radius 1 is 1.14 bits per heavy atom. The van der Waals surface area contributed by atoms with Crippen molar-refractivity contribution in [1.29, 1.82) is 0 Å². The van der Waals surface area contributed by atoms with Crippen LogP contribution in [0.5, 0.6) is 0 Å². The summed E-state index contributed by atoms with van der Waals surface area (Å²) in [6.45, 7) is 6.21. The van der Waals surface area contributed by atoms with Crippen molar-refractivity contribution in [3.8, 4) is 0 Å². The Morgan fingerprint density at radius 3 is 2.33 bits per heavy atom. The Morgan fingerprint density at radius 2 is 1.81 bits per heavy atom. The summed E-state index contributed by atoms with van der Waals surface area (Å²) in [6, 6.07) is 0. The fraction of sp³-hybridized carbons (Fsp3) is 0.812. The lowest BCUT2D eigenvalue weighted by Crippen LogP contribution is -2.15.